The van der Waals surface area contributed by atoms with Crippen molar-refractivity contribution in [2.75, 3.05) is 0 Å². The summed E-state index contributed by atoms with van der Waals surface area (Å²) < 4.78 is 5.57. The second kappa shape index (κ2) is 4.66. The Kier molecular flexibility index (Phi) is 2.96. The van der Waals surface area contributed by atoms with Crippen LogP contribution in [-0.4, -0.2) is 0 Å². The summed E-state index contributed by atoms with van der Waals surface area (Å²) in [7, 11) is 0. The summed E-state index contributed by atoms with van der Waals surface area (Å²) in [4.78, 5) is 2.10. The summed E-state index contributed by atoms with van der Waals surface area (Å²) in [5.41, 5.74) is 4.54. The zero-order valence-electron chi connectivity index (χ0n) is 11.4. The maximum absolute atomic E-state index is 9.21. The lowest BCUT2D eigenvalue weighted by Gasteiger charge is -2.02. The number of furan rings is 1. The van der Waals surface area contributed by atoms with Gasteiger partial charge in [-0.1, -0.05) is 24.8 Å². The zero-order valence-corrected chi connectivity index (χ0v) is 12.2. The number of thiophene rings is 1. The van der Waals surface area contributed by atoms with E-state index >= 15 is 0 Å². The molecule has 0 aliphatic heterocycles. The van der Waals surface area contributed by atoms with Crippen molar-refractivity contribution in [1.29, 1.82) is 5.26 Å². The van der Waals surface area contributed by atoms with Gasteiger partial charge in [0.25, 0.3) is 0 Å². The fourth-order valence-corrected chi connectivity index (χ4v) is 3.54. The smallest absolute Gasteiger partial charge is 0.134 e. The highest BCUT2D eigenvalue weighted by atomic mass is 32.1. The summed E-state index contributed by atoms with van der Waals surface area (Å²) in [5, 5.41) is 10.3. The Morgan fingerprint density at radius 2 is 2.05 bits per heavy atom. The van der Waals surface area contributed by atoms with Gasteiger partial charge in [-0.3, -0.25) is 0 Å². The largest absolute Gasteiger partial charge is 0.464 e. The third-order valence-corrected chi connectivity index (χ3v) is 4.78. The Hall–Kier alpha value is -2.31. The van der Waals surface area contributed by atoms with Gasteiger partial charge in [-0.25, -0.2) is 0 Å². The summed E-state index contributed by atoms with van der Waals surface area (Å²) >= 11 is 1.62. The lowest BCUT2D eigenvalue weighted by Crippen LogP contribution is -1.85. The van der Waals surface area contributed by atoms with Gasteiger partial charge in [0.15, 0.2) is 0 Å². The van der Waals surface area contributed by atoms with Gasteiger partial charge in [0.2, 0.25) is 0 Å². The number of nitrogens with zero attached hydrogens (tertiary/aromatic N) is 1. The predicted molar refractivity (Wildman–Crippen MR) is 82.9 cm³/mol. The summed E-state index contributed by atoms with van der Waals surface area (Å²) in [5.74, 6) is 0. The van der Waals surface area contributed by atoms with Gasteiger partial charge in [-0.15, -0.1) is 11.3 Å². The van der Waals surface area contributed by atoms with Crippen molar-refractivity contribution in [3.05, 3.63) is 63.6 Å². The van der Waals surface area contributed by atoms with Crippen LogP contribution in [0.15, 0.2) is 41.5 Å². The van der Waals surface area contributed by atoms with E-state index in [2.05, 4.69) is 12.6 Å². The monoisotopic (exact) mass is 279 g/mol. The molecule has 0 aliphatic carbocycles. The number of nitriles is 1. The molecule has 0 saturated heterocycles. The minimum atomic E-state index is 0.763. The van der Waals surface area contributed by atoms with Gasteiger partial charge < -0.3 is 4.42 Å². The fraction of sp³-hybridized carbons (Fsp3) is 0.118. The number of hydrogen-bond acceptors (Lipinski definition) is 3. The van der Waals surface area contributed by atoms with Crippen LogP contribution in [0.5, 0.6) is 0 Å². The van der Waals surface area contributed by atoms with Crippen LogP contribution in [0.1, 0.15) is 26.4 Å². The summed E-state index contributed by atoms with van der Waals surface area (Å²) in [6, 6.07) is 10.2. The molecule has 1 aromatic carbocycles. The van der Waals surface area contributed by atoms with Crippen LogP contribution < -0.4 is 0 Å². The minimum Gasteiger partial charge on any atom is -0.464 e. The molecule has 3 heteroatoms. The molecular formula is C17H13NOS. The molecule has 0 bridgehead atoms. The second-order valence-electron chi connectivity index (χ2n) is 4.72. The number of para-hydroxylation sites is 1. The van der Waals surface area contributed by atoms with E-state index in [9.17, 15) is 5.26 Å². The van der Waals surface area contributed by atoms with Crippen molar-refractivity contribution in [3.63, 3.8) is 0 Å². The first-order valence-corrected chi connectivity index (χ1v) is 7.11. The van der Waals surface area contributed by atoms with Crippen molar-refractivity contribution in [3.8, 4) is 6.07 Å². The first-order chi connectivity index (χ1) is 9.63. The van der Waals surface area contributed by atoms with Crippen LogP contribution in [0, 0.1) is 25.2 Å². The van der Waals surface area contributed by atoms with Crippen LogP contribution in [0.25, 0.3) is 16.5 Å². The molecule has 0 N–H and O–H groups in total. The Balaban J connectivity index is 2.17. The molecular weight excluding hydrogens is 266 g/mol. The maximum atomic E-state index is 9.21. The van der Waals surface area contributed by atoms with E-state index in [0.717, 1.165) is 43.0 Å². The van der Waals surface area contributed by atoms with E-state index in [1.807, 2.05) is 38.1 Å². The van der Waals surface area contributed by atoms with E-state index in [-0.39, 0.29) is 0 Å². The standard InChI is InChI=1S/C17H13NOS/c1-10-14(8-18)12(3)20-17(10)11(2)15-9-19-16-7-5-4-6-13(15)16/h4-7,9H,2H2,1,3H3. The van der Waals surface area contributed by atoms with Crippen molar-refractivity contribution in [1.82, 2.24) is 0 Å². The average Bonchev–Trinajstić information content (AvgIpc) is 2.99. The van der Waals surface area contributed by atoms with Crippen molar-refractivity contribution in [2.24, 2.45) is 0 Å². The molecule has 2 aromatic heterocycles. The molecule has 0 saturated carbocycles. The molecule has 2 nitrogen and oxygen atoms in total. The van der Waals surface area contributed by atoms with Gasteiger partial charge in [0, 0.05) is 20.7 Å². The SMILES string of the molecule is C=C(c1sc(C)c(C#N)c1C)c1coc2ccccc12. The molecule has 0 fully saturated rings. The topological polar surface area (TPSA) is 36.9 Å². The molecule has 0 aliphatic rings. The van der Waals surface area contributed by atoms with E-state index < -0.39 is 0 Å². The number of benzene rings is 1. The van der Waals surface area contributed by atoms with Crippen LogP contribution >= 0.6 is 11.3 Å². The molecule has 3 aromatic rings. The normalized spacial score (nSPS) is 10.7. The molecule has 0 spiro atoms. The molecule has 3 rings (SSSR count). The van der Waals surface area contributed by atoms with Crippen LogP contribution in [0.2, 0.25) is 0 Å². The van der Waals surface area contributed by atoms with E-state index in [1.165, 1.54) is 0 Å². The summed E-state index contributed by atoms with van der Waals surface area (Å²) in [6.45, 7) is 8.16. The first kappa shape index (κ1) is 12.7. The highest BCUT2D eigenvalue weighted by molar-refractivity contribution is 7.13. The van der Waals surface area contributed by atoms with Crippen molar-refractivity contribution >= 4 is 27.9 Å². The fourth-order valence-electron chi connectivity index (χ4n) is 2.44. The van der Waals surface area contributed by atoms with Gasteiger partial charge >= 0.3 is 0 Å². The van der Waals surface area contributed by atoms with Crippen LogP contribution in [0.3, 0.4) is 0 Å². The van der Waals surface area contributed by atoms with Crippen molar-refractivity contribution in [2.45, 2.75) is 13.8 Å². The van der Waals surface area contributed by atoms with Crippen LogP contribution in [0.4, 0.5) is 0 Å². The van der Waals surface area contributed by atoms with E-state index in [1.54, 1.807) is 17.6 Å². The zero-order chi connectivity index (χ0) is 14.3. The quantitative estimate of drug-likeness (QED) is 0.658. The number of fused-ring (bicyclic) bond motifs is 1. The van der Waals surface area contributed by atoms with Gasteiger partial charge in [0.05, 0.1) is 11.8 Å². The molecule has 0 unspecified atom stereocenters. The van der Waals surface area contributed by atoms with Gasteiger partial charge in [-0.2, -0.15) is 5.26 Å². The Morgan fingerprint density at radius 3 is 2.75 bits per heavy atom. The summed E-state index contributed by atoms with van der Waals surface area (Å²) in [6.07, 6.45) is 1.74. The predicted octanol–water partition coefficient (Wildman–Crippen LogP) is 5.04. The first-order valence-electron chi connectivity index (χ1n) is 6.29. The number of rotatable bonds is 2. The molecule has 0 amide bonds. The van der Waals surface area contributed by atoms with Crippen LogP contribution in [-0.2, 0) is 0 Å². The second-order valence-corrected chi connectivity index (χ2v) is 5.95. The molecule has 2 heterocycles. The van der Waals surface area contributed by atoms with Gasteiger partial charge in [-0.05, 0) is 31.1 Å². The number of aryl methyl sites for hydroxylation is 1. The number of hydrogen-bond donors (Lipinski definition) is 0. The minimum absolute atomic E-state index is 0.763. The maximum Gasteiger partial charge on any atom is 0.134 e. The third-order valence-electron chi connectivity index (χ3n) is 3.51. The molecule has 20 heavy (non-hydrogen) atoms. The Morgan fingerprint density at radius 1 is 1.30 bits per heavy atom. The van der Waals surface area contributed by atoms with E-state index in [0.29, 0.717) is 0 Å². The lowest BCUT2D eigenvalue weighted by atomic mass is 10.0. The molecule has 98 valence electrons. The lowest BCUT2D eigenvalue weighted by molar-refractivity contribution is 0.615. The van der Waals surface area contributed by atoms with Crippen molar-refractivity contribution < 1.29 is 4.42 Å². The average molecular weight is 279 g/mol. The van der Waals surface area contributed by atoms with Gasteiger partial charge in [0.1, 0.15) is 11.7 Å². The highest BCUT2D eigenvalue weighted by Gasteiger charge is 2.17. The molecule has 0 radical (unpaired) electrons. The van der Waals surface area contributed by atoms with E-state index in [4.69, 9.17) is 4.42 Å². The Bertz CT molecular complexity index is 861. The highest BCUT2D eigenvalue weighted by Crippen LogP contribution is 2.37. The Labute approximate surface area is 121 Å². The molecule has 0 atom stereocenters. The third kappa shape index (κ3) is 1.77.